The Bertz CT molecular complexity index is 762. The number of anilines is 1. The highest BCUT2D eigenvalue weighted by atomic mass is 19.1. The molecule has 0 aromatic heterocycles. The van der Waals surface area contributed by atoms with E-state index in [0.717, 1.165) is 17.5 Å². The number of rotatable bonds is 3. The molecule has 2 aromatic carbocycles. The molecule has 1 saturated carbocycles. The number of hydrogen-bond acceptors (Lipinski definition) is 2. The van der Waals surface area contributed by atoms with Crippen molar-refractivity contribution in [2.75, 3.05) is 5.32 Å². The van der Waals surface area contributed by atoms with Gasteiger partial charge in [-0.15, -0.1) is 0 Å². The van der Waals surface area contributed by atoms with E-state index in [1.807, 2.05) is 12.1 Å². The van der Waals surface area contributed by atoms with E-state index in [-0.39, 0.29) is 34.7 Å². The average Bonchev–Trinajstić information content (AvgIpc) is 3.29. The first-order valence-electron chi connectivity index (χ1n) is 8.15. The van der Waals surface area contributed by atoms with Crippen LogP contribution in [-0.4, -0.2) is 11.0 Å². The lowest BCUT2D eigenvalue weighted by Crippen LogP contribution is -2.16. The minimum atomic E-state index is -0.274. The van der Waals surface area contributed by atoms with E-state index in [2.05, 4.69) is 26.1 Å². The quantitative estimate of drug-likeness (QED) is 0.811. The summed E-state index contributed by atoms with van der Waals surface area (Å²) in [6.07, 6.45) is 0.747. The van der Waals surface area contributed by atoms with E-state index in [0.29, 0.717) is 5.69 Å². The van der Waals surface area contributed by atoms with Gasteiger partial charge in [0.15, 0.2) is 0 Å². The Hall–Kier alpha value is -2.36. The number of nitrogens with one attached hydrogen (secondary N) is 1. The van der Waals surface area contributed by atoms with Gasteiger partial charge in [-0.2, -0.15) is 0 Å². The van der Waals surface area contributed by atoms with Crippen LogP contribution < -0.4 is 5.32 Å². The molecule has 1 aliphatic carbocycles. The van der Waals surface area contributed by atoms with Gasteiger partial charge in [0.2, 0.25) is 5.91 Å². The highest BCUT2D eigenvalue weighted by Crippen LogP contribution is 2.48. The maximum Gasteiger partial charge on any atom is 0.228 e. The third-order valence-electron chi connectivity index (χ3n) is 4.55. The predicted octanol–water partition coefficient (Wildman–Crippen LogP) is 4.57. The van der Waals surface area contributed by atoms with Crippen molar-refractivity contribution in [1.82, 2.24) is 0 Å². The van der Waals surface area contributed by atoms with Crippen molar-refractivity contribution in [2.24, 2.45) is 5.92 Å². The molecule has 1 aliphatic rings. The van der Waals surface area contributed by atoms with Gasteiger partial charge in [-0.25, -0.2) is 4.39 Å². The number of phenolic OH excluding ortho intramolecular Hbond substituents is 1. The zero-order valence-corrected chi connectivity index (χ0v) is 14.1. The largest absolute Gasteiger partial charge is 0.506 e. The van der Waals surface area contributed by atoms with Crippen molar-refractivity contribution in [3.8, 4) is 5.75 Å². The minimum Gasteiger partial charge on any atom is -0.506 e. The van der Waals surface area contributed by atoms with Crippen LogP contribution in [0.3, 0.4) is 0 Å². The van der Waals surface area contributed by atoms with Crippen molar-refractivity contribution in [3.05, 3.63) is 59.4 Å². The summed E-state index contributed by atoms with van der Waals surface area (Å²) in [5, 5.41) is 12.8. The number of carbonyl (C=O) groups excluding carboxylic acids is 1. The first-order chi connectivity index (χ1) is 11.3. The van der Waals surface area contributed by atoms with E-state index in [1.165, 1.54) is 12.1 Å². The van der Waals surface area contributed by atoms with Crippen molar-refractivity contribution >= 4 is 11.6 Å². The van der Waals surface area contributed by atoms with Crippen LogP contribution in [0.2, 0.25) is 0 Å². The average molecular weight is 327 g/mol. The molecule has 0 aliphatic heterocycles. The molecule has 1 amide bonds. The van der Waals surface area contributed by atoms with Crippen LogP contribution in [0.4, 0.5) is 10.1 Å². The molecule has 2 N–H and O–H groups in total. The van der Waals surface area contributed by atoms with Gasteiger partial charge in [0.25, 0.3) is 0 Å². The molecule has 4 heteroatoms. The molecule has 0 spiro atoms. The minimum absolute atomic E-state index is 0.0651. The molecule has 3 nitrogen and oxygen atoms in total. The van der Waals surface area contributed by atoms with Gasteiger partial charge in [-0.3, -0.25) is 4.79 Å². The lowest BCUT2D eigenvalue weighted by Gasteiger charge is -2.20. The first kappa shape index (κ1) is 16.5. The maximum atomic E-state index is 13.0. The zero-order valence-electron chi connectivity index (χ0n) is 14.1. The number of halogens is 1. The van der Waals surface area contributed by atoms with Crippen molar-refractivity contribution < 1.29 is 14.3 Å². The third-order valence-corrected chi connectivity index (χ3v) is 4.55. The van der Waals surface area contributed by atoms with Crippen LogP contribution in [0, 0.1) is 11.7 Å². The topological polar surface area (TPSA) is 49.3 Å². The lowest BCUT2D eigenvalue weighted by molar-refractivity contribution is -0.117. The lowest BCUT2D eigenvalue weighted by atomic mass is 9.87. The normalized spacial score (nSPS) is 19.8. The van der Waals surface area contributed by atoms with Crippen LogP contribution >= 0.6 is 0 Å². The van der Waals surface area contributed by atoms with Crippen LogP contribution in [0.1, 0.15) is 44.2 Å². The molecular weight excluding hydrogens is 305 g/mol. The molecule has 0 heterocycles. The fourth-order valence-electron chi connectivity index (χ4n) is 2.89. The molecule has 126 valence electrons. The van der Waals surface area contributed by atoms with Crippen LogP contribution in [0.5, 0.6) is 5.75 Å². The Morgan fingerprint density at radius 3 is 2.46 bits per heavy atom. The Labute approximate surface area is 141 Å². The molecule has 0 unspecified atom stereocenters. The molecule has 0 radical (unpaired) electrons. The number of carbonyl (C=O) groups is 1. The molecular formula is C20H22FNO2. The number of amides is 1. The summed E-state index contributed by atoms with van der Waals surface area (Å²) >= 11 is 0. The van der Waals surface area contributed by atoms with Gasteiger partial charge in [-0.1, -0.05) is 39.0 Å². The maximum absolute atomic E-state index is 13.0. The molecule has 0 saturated heterocycles. The zero-order chi connectivity index (χ0) is 17.5. The number of aromatic hydroxyl groups is 1. The summed E-state index contributed by atoms with van der Waals surface area (Å²) < 4.78 is 13.0. The van der Waals surface area contributed by atoms with Gasteiger partial charge >= 0.3 is 0 Å². The summed E-state index contributed by atoms with van der Waals surface area (Å²) in [5.41, 5.74) is 2.39. The van der Waals surface area contributed by atoms with Gasteiger partial charge in [0, 0.05) is 5.92 Å². The van der Waals surface area contributed by atoms with Crippen LogP contribution in [0.25, 0.3) is 0 Å². The van der Waals surface area contributed by atoms with E-state index < -0.39 is 0 Å². The van der Waals surface area contributed by atoms with Crippen molar-refractivity contribution in [1.29, 1.82) is 0 Å². The Balaban J connectivity index is 1.71. The summed E-state index contributed by atoms with van der Waals surface area (Å²) in [6, 6.07) is 11.6. The van der Waals surface area contributed by atoms with E-state index in [9.17, 15) is 14.3 Å². The van der Waals surface area contributed by atoms with E-state index >= 15 is 0 Å². The second-order valence-corrected chi connectivity index (χ2v) is 7.47. The Morgan fingerprint density at radius 1 is 1.17 bits per heavy atom. The summed E-state index contributed by atoms with van der Waals surface area (Å²) in [7, 11) is 0. The predicted molar refractivity (Wildman–Crippen MR) is 92.7 cm³/mol. The second kappa shape index (κ2) is 5.93. The third kappa shape index (κ3) is 3.42. The molecule has 24 heavy (non-hydrogen) atoms. The van der Waals surface area contributed by atoms with Gasteiger partial charge < -0.3 is 10.4 Å². The number of benzene rings is 2. The number of hydrogen-bond donors (Lipinski definition) is 2. The van der Waals surface area contributed by atoms with Crippen LogP contribution in [-0.2, 0) is 10.2 Å². The highest BCUT2D eigenvalue weighted by molar-refractivity contribution is 5.96. The fourth-order valence-corrected chi connectivity index (χ4v) is 2.89. The SMILES string of the molecule is CC(C)(C)c1ccc(O)c(NC(=O)[C@@H]2C[C@H]2c2ccc(F)cc2)c1. The molecule has 3 rings (SSSR count). The standard InChI is InChI=1S/C20H22FNO2/c1-20(2,3)13-6-9-18(23)17(10-13)22-19(24)16-11-15(16)12-4-7-14(21)8-5-12/h4-10,15-16,23H,11H2,1-3H3,(H,22,24)/t15-,16+/m0/s1. The summed E-state index contributed by atoms with van der Waals surface area (Å²) in [5.74, 6) is -0.322. The first-order valence-corrected chi connectivity index (χ1v) is 8.15. The van der Waals surface area contributed by atoms with Gasteiger partial charge in [-0.05, 0) is 53.1 Å². The Morgan fingerprint density at radius 2 is 1.83 bits per heavy atom. The smallest absolute Gasteiger partial charge is 0.228 e. The molecule has 2 aromatic rings. The summed E-state index contributed by atoms with van der Waals surface area (Å²) in [6.45, 7) is 6.24. The highest BCUT2D eigenvalue weighted by Gasteiger charge is 2.44. The molecule has 2 atom stereocenters. The Kier molecular flexibility index (Phi) is 4.08. The van der Waals surface area contributed by atoms with E-state index in [1.54, 1.807) is 18.2 Å². The van der Waals surface area contributed by atoms with Crippen molar-refractivity contribution in [2.45, 2.75) is 38.5 Å². The fraction of sp³-hybridized carbons (Fsp3) is 0.350. The van der Waals surface area contributed by atoms with E-state index in [4.69, 9.17) is 0 Å². The van der Waals surface area contributed by atoms with Crippen molar-refractivity contribution in [3.63, 3.8) is 0 Å². The van der Waals surface area contributed by atoms with Crippen LogP contribution in [0.15, 0.2) is 42.5 Å². The second-order valence-electron chi connectivity index (χ2n) is 7.47. The van der Waals surface area contributed by atoms with Gasteiger partial charge in [0.1, 0.15) is 11.6 Å². The number of phenols is 1. The monoisotopic (exact) mass is 327 g/mol. The summed E-state index contributed by atoms with van der Waals surface area (Å²) in [4.78, 5) is 12.4. The molecule has 0 bridgehead atoms. The molecule has 1 fully saturated rings. The van der Waals surface area contributed by atoms with Gasteiger partial charge in [0.05, 0.1) is 5.69 Å².